The van der Waals surface area contributed by atoms with Gasteiger partial charge in [-0.1, -0.05) is 0 Å². The van der Waals surface area contributed by atoms with Gasteiger partial charge in [-0.2, -0.15) is 0 Å². The van der Waals surface area contributed by atoms with E-state index < -0.39 is 0 Å². The van der Waals surface area contributed by atoms with Gasteiger partial charge in [-0.25, -0.2) is 0 Å². The van der Waals surface area contributed by atoms with Gasteiger partial charge in [0, 0.05) is 45.2 Å². The maximum atomic E-state index is 11.9. The summed E-state index contributed by atoms with van der Waals surface area (Å²) >= 11 is 5.61. The minimum Gasteiger partial charge on any atom is -0.383 e. The Morgan fingerprint density at radius 1 is 1.50 bits per heavy atom. The van der Waals surface area contributed by atoms with Crippen LogP contribution in [-0.4, -0.2) is 56.2 Å². The number of carbonyl (C=O) groups is 1. The fourth-order valence-corrected chi connectivity index (χ4v) is 2.08. The highest BCUT2D eigenvalue weighted by atomic mass is 35.5. The molecule has 0 spiro atoms. The smallest absolute Gasteiger partial charge is 0.224 e. The summed E-state index contributed by atoms with van der Waals surface area (Å²) < 4.78 is 10.3. The summed E-state index contributed by atoms with van der Waals surface area (Å²) in [6, 6.07) is 0.291. The number of rotatable bonds is 6. The lowest BCUT2D eigenvalue weighted by molar-refractivity contribution is -0.135. The molecule has 0 radical (unpaired) electrons. The molecule has 1 amide bonds. The SMILES string of the molecule is COCCN(C(=O)CCCl)C1CCOCC1. The van der Waals surface area contributed by atoms with Crippen LogP contribution in [0.1, 0.15) is 19.3 Å². The van der Waals surface area contributed by atoms with E-state index >= 15 is 0 Å². The van der Waals surface area contributed by atoms with Crippen molar-refractivity contribution in [3.63, 3.8) is 0 Å². The number of alkyl halides is 1. The Labute approximate surface area is 102 Å². The van der Waals surface area contributed by atoms with E-state index in [1.807, 2.05) is 4.90 Å². The second-order valence-electron chi connectivity index (χ2n) is 3.86. The Balaban J connectivity index is 2.50. The van der Waals surface area contributed by atoms with Crippen molar-refractivity contribution in [3.8, 4) is 0 Å². The summed E-state index contributed by atoms with van der Waals surface area (Å²) in [6.45, 7) is 2.70. The first-order valence-corrected chi connectivity index (χ1v) is 6.25. The Kier molecular flexibility index (Phi) is 6.76. The molecule has 0 aromatic carbocycles. The van der Waals surface area contributed by atoms with Gasteiger partial charge in [0.2, 0.25) is 5.91 Å². The second-order valence-corrected chi connectivity index (χ2v) is 4.24. The van der Waals surface area contributed by atoms with Crippen molar-refractivity contribution in [2.45, 2.75) is 25.3 Å². The van der Waals surface area contributed by atoms with Gasteiger partial charge >= 0.3 is 0 Å². The quantitative estimate of drug-likeness (QED) is 0.666. The fraction of sp³-hybridized carbons (Fsp3) is 0.909. The van der Waals surface area contributed by atoms with Crippen LogP contribution in [0, 0.1) is 0 Å². The van der Waals surface area contributed by atoms with Crippen LogP contribution in [0.3, 0.4) is 0 Å². The molecule has 94 valence electrons. The molecule has 5 heteroatoms. The summed E-state index contributed by atoms with van der Waals surface area (Å²) in [6.07, 6.45) is 2.23. The molecular weight excluding hydrogens is 230 g/mol. The highest BCUT2D eigenvalue weighted by molar-refractivity contribution is 6.18. The zero-order chi connectivity index (χ0) is 11.8. The van der Waals surface area contributed by atoms with Gasteiger partial charge in [0.05, 0.1) is 6.61 Å². The fourth-order valence-electron chi connectivity index (χ4n) is 1.92. The molecule has 0 bridgehead atoms. The summed E-state index contributed by atoms with van der Waals surface area (Å²) in [7, 11) is 1.65. The molecule has 1 heterocycles. The molecule has 1 fully saturated rings. The Hall–Kier alpha value is -0.320. The number of ether oxygens (including phenoxy) is 2. The van der Waals surface area contributed by atoms with E-state index in [-0.39, 0.29) is 5.91 Å². The third-order valence-electron chi connectivity index (χ3n) is 2.80. The maximum Gasteiger partial charge on any atom is 0.224 e. The topological polar surface area (TPSA) is 38.8 Å². The van der Waals surface area contributed by atoms with E-state index in [4.69, 9.17) is 21.1 Å². The normalized spacial score (nSPS) is 17.4. The molecule has 0 aliphatic carbocycles. The first kappa shape index (κ1) is 13.7. The second kappa shape index (κ2) is 7.87. The van der Waals surface area contributed by atoms with Gasteiger partial charge in [0.1, 0.15) is 0 Å². The molecule has 0 atom stereocenters. The number of hydrogen-bond donors (Lipinski definition) is 0. The molecule has 1 aliphatic rings. The molecule has 0 aromatic heterocycles. The van der Waals surface area contributed by atoms with Crippen LogP contribution in [0.15, 0.2) is 0 Å². The summed E-state index contributed by atoms with van der Waals surface area (Å²) in [5, 5.41) is 0. The summed E-state index contributed by atoms with van der Waals surface area (Å²) in [4.78, 5) is 13.8. The van der Waals surface area contributed by atoms with Crippen molar-refractivity contribution in [2.75, 3.05) is 39.4 Å². The van der Waals surface area contributed by atoms with Crippen LogP contribution in [-0.2, 0) is 14.3 Å². The van der Waals surface area contributed by atoms with Crippen LogP contribution in [0.2, 0.25) is 0 Å². The van der Waals surface area contributed by atoms with Crippen LogP contribution in [0.4, 0.5) is 0 Å². The van der Waals surface area contributed by atoms with Gasteiger partial charge in [-0.15, -0.1) is 11.6 Å². The highest BCUT2D eigenvalue weighted by Crippen LogP contribution is 2.15. The molecule has 0 N–H and O–H groups in total. The van der Waals surface area contributed by atoms with Crippen LogP contribution in [0.5, 0.6) is 0 Å². The third-order valence-corrected chi connectivity index (χ3v) is 2.99. The maximum absolute atomic E-state index is 11.9. The first-order valence-electron chi connectivity index (χ1n) is 5.71. The zero-order valence-corrected chi connectivity index (χ0v) is 10.5. The standard InChI is InChI=1S/C11H20ClNO3/c1-15-9-6-13(11(14)2-5-12)10-3-7-16-8-4-10/h10H,2-9H2,1H3. The average molecular weight is 250 g/mol. The number of methoxy groups -OCH3 is 1. The minimum atomic E-state index is 0.124. The number of nitrogens with zero attached hydrogens (tertiary/aromatic N) is 1. The van der Waals surface area contributed by atoms with E-state index in [2.05, 4.69) is 0 Å². The Morgan fingerprint density at radius 3 is 2.75 bits per heavy atom. The van der Waals surface area contributed by atoms with Gasteiger partial charge < -0.3 is 14.4 Å². The number of amides is 1. The third kappa shape index (κ3) is 4.28. The van der Waals surface area contributed by atoms with E-state index in [1.54, 1.807) is 7.11 Å². The van der Waals surface area contributed by atoms with Gasteiger partial charge in [0.15, 0.2) is 0 Å². The van der Waals surface area contributed by atoms with Crippen molar-refractivity contribution in [1.82, 2.24) is 4.90 Å². The predicted octanol–water partition coefficient (Wildman–Crippen LogP) is 1.27. The van der Waals surface area contributed by atoms with Crippen LogP contribution in [0.25, 0.3) is 0 Å². The average Bonchev–Trinajstić information content (AvgIpc) is 2.31. The summed E-state index contributed by atoms with van der Waals surface area (Å²) in [5.41, 5.74) is 0. The number of carbonyl (C=O) groups excluding carboxylic acids is 1. The largest absolute Gasteiger partial charge is 0.383 e. The van der Waals surface area contributed by atoms with Crippen molar-refractivity contribution in [1.29, 1.82) is 0 Å². The Morgan fingerprint density at radius 2 is 2.19 bits per heavy atom. The van der Waals surface area contributed by atoms with Crippen LogP contribution >= 0.6 is 11.6 Å². The molecule has 1 rings (SSSR count). The molecule has 0 saturated carbocycles. The van der Waals surface area contributed by atoms with E-state index in [9.17, 15) is 4.79 Å². The number of hydrogen-bond acceptors (Lipinski definition) is 3. The van der Waals surface area contributed by atoms with Crippen molar-refractivity contribution >= 4 is 17.5 Å². The summed E-state index contributed by atoms with van der Waals surface area (Å²) in [5.74, 6) is 0.505. The molecular formula is C11H20ClNO3. The van der Waals surface area contributed by atoms with Gasteiger partial charge in [-0.05, 0) is 12.8 Å². The minimum absolute atomic E-state index is 0.124. The molecule has 0 aromatic rings. The van der Waals surface area contributed by atoms with Gasteiger partial charge in [-0.3, -0.25) is 4.79 Å². The lowest BCUT2D eigenvalue weighted by atomic mass is 10.1. The highest BCUT2D eigenvalue weighted by Gasteiger charge is 2.24. The molecule has 1 aliphatic heterocycles. The molecule has 4 nitrogen and oxygen atoms in total. The zero-order valence-electron chi connectivity index (χ0n) is 9.78. The van der Waals surface area contributed by atoms with Crippen LogP contribution < -0.4 is 0 Å². The number of halogens is 1. The van der Waals surface area contributed by atoms with Crippen molar-refractivity contribution < 1.29 is 14.3 Å². The van der Waals surface area contributed by atoms with Crippen molar-refractivity contribution in [2.24, 2.45) is 0 Å². The Bertz CT molecular complexity index is 207. The van der Waals surface area contributed by atoms with Gasteiger partial charge in [0.25, 0.3) is 0 Å². The lowest BCUT2D eigenvalue weighted by Crippen LogP contribution is -2.45. The molecule has 16 heavy (non-hydrogen) atoms. The van der Waals surface area contributed by atoms with E-state index in [0.29, 0.717) is 31.5 Å². The first-order chi connectivity index (χ1) is 7.79. The molecule has 1 saturated heterocycles. The molecule has 0 unspecified atom stereocenters. The predicted molar refractivity (Wildman–Crippen MR) is 62.8 cm³/mol. The monoisotopic (exact) mass is 249 g/mol. The van der Waals surface area contributed by atoms with Crippen molar-refractivity contribution in [3.05, 3.63) is 0 Å². The lowest BCUT2D eigenvalue weighted by Gasteiger charge is -2.34. The van der Waals surface area contributed by atoms with E-state index in [0.717, 1.165) is 26.1 Å². The van der Waals surface area contributed by atoms with E-state index in [1.165, 1.54) is 0 Å².